The predicted octanol–water partition coefficient (Wildman–Crippen LogP) is 4.64. The van der Waals surface area contributed by atoms with Crippen LogP contribution in [0, 0.1) is 6.92 Å². The Morgan fingerprint density at radius 3 is 2.58 bits per heavy atom. The third kappa shape index (κ3) is 3.69. The van der Waals surface area contributed by atoms with Crippen LogP contribution in [0.3, 0.4) is 0 Å². The Labute approximate surface area is 213 Å². The molecule has 2 heterocycles. The van der Waals surface area contributed by atoms with E-state index in [0.717, 1.165) is 57.1 Å². The van der Waals surface area contributed by atoms with E-state index < -0.39 is 0 Å². The summed E-state index contributed by atoms with van der Waals surface area (Å²) in [5.41, 5.74) is 7.68. The number of rotatable bonds is 4. The summed E-state index contributed by atoms with van der Waals surface area (Å²) in [7, 11) is 3.33. The summed E-state index contributed by atoms with van der Waals surface area (Å²) in [6.07, 6.45) is 3.74. The second-order valence-corrected chi connectivity index (χ2v) is 10.1. The average molecular weight is 495 g/mol. The fraction of sp³-hybridized carbons (Fsp3) is 0.200. The zero-order chi connectivity index (χ0) is 24.8. The number of benzene rings is 3. The Kier molecular flexibility index (Phi) is 5.61. The van der Waals surface area contributed by atoms with E-state index in [4.69, 9.17) is 14.5 Å². The first-order chi connectivity index (χ1) is 17.6. The van der Waals surface area contributed by atoms with Crippen LogP contribution in [0.4, 0.5) is 0 Å². The lowest BCUT2D eigenvalue weighted by molar-refractivity contribution is 0.411. The topological polar surface area (TPSA) is 52.8 Å². The number of ether oxygens (including phenoxy) is 2. The zero-order valence-corrected chi connectivity index (χ0v) is 21.3. The summed E-state index contributed by atoms with van der Waals surface area (Å²) in [5.74, 6) is 1.60. The van der Waals surface area contributed by atoms with Crippen molar-refractivity contribution in [3.63, 3.8) is 0 Å². The van der Waals surface area contributed by atoms with E-state index in [0.29, 0.717) is 4.53 Å². The van der Waals surface area contributed by atoms with Gasteiger partial charge in [-0.3, -0.25) is 9.36 Å². The van der Waals surface area contributed by atoms with Gasteiger partial charge in [-0.2, -0.15) is 0 Å². The number of allylic oxidation sites excluding steroid dienone is 1. The van der Waals surface area contributed by atoms with E-state index >= 15 is 0 Å². The molecule has 0 saturated carbocycles. The molecular weight excluding hydrogens is 468 g/mol. The van der Waals surface area contributed by atoms with E-state index in [1.807, 2.05) is 47.9 Å². The molecule has 0 bridgehead atoms. The molecule has 1 aliphatic carbocycles. The standard InChI is InChI=1S/C30H26N2O3S/c1-18-8-9-19(16-25(18)35-3)17-26-29(33)32-28(21-10-13-22(34-2)14-11-21)24-15-12-20-6-4-5-7-23(20)27(24)31-30(32)36-26/h4-11,13-14,16-17,28H,12,15H2,1-3H3/b26-17+/t28-/m1/s1. The van der Waals surface area contributed by atoms with Crippen molar-refractivity contribution in [1.82, 2.24) is 4.57 Å². The average Bonchev–Trinajstić information content (AvgIpc) is 3.22. The molecule has 3 aromatic carbocycles. The number of fused-ring (bicyclic) bond motifs is 3. The molecule has 6 heteroatoms. The summed E-state index contributed by atoms with van der Waals surface area (Å²) in [6.45, 7) is 2.01. The SMILES string of the molecule is COc1ccc([C@@H]2C3=C(N=c4s/c(=C/c5ccc(C)c(OC)c5)c(=O)n42)c2ccccc2CC3)cc1. The number of nitrogens with zero attached hydrogens (tertiary/aromatic N) is 2. The Morgan fingerprint density at radius 2 is 1.81 bits per heavy atom. The van der Waals surface area contributed by atoms with E-state index in [2.05, 4.69) is 36.4 Å². The van der Waals surface area contributed by atoms with Gasteiger partial charge in [0.25, 0.3) is 5.56 Å². The van der Waals surface area contributed by atoms with Crippen LogP contribution in [0.15, 0.2) is 82.1 Å². The Morgan fingerprint density at radius 1 is 1.00 bits per heavy atom. The highest BCUT2D eigenvalue weighted by Gasteiger charge is 2.32. The molecule has 0 radical (unpaired) electrons. The molecule has 1 aromatic heterocycles. The van der Waals surface area contributed by atoms with Crippen molar-refractivity contribution < 1.29 is 9.47 Å². The summed E-state index contributed by atoms with van der Waals surface area (Å²) in [4.78, 5) is 19.7. The van der Waals surface area contributed by atoms with E-state index in [1.165, 1.54) is 22.5 Å². The molecule has 6 rings (SSSR count). The molecule has 1 aliphatic heterocycles. The molecule has 180 valence electrons. The molecule has 0 N–H and O–H groups in total. The van der Waals surface area contributed by atoms with Crippen molar-refractivity contribution in [2.75, 3.05) is 14.2 Å². The third-order valence-corrected chi connectivity index (χ3v) is 8.02. The zero-order valence-electron chi connectivity index (χ0n) is 20.4. The van der Waals surface area contributed by atoms with Crippen LogP contribution in [0.2, 0.25) is 0 Å². The van der Waals surface area contributed by atoms with Gasteiger partial charge in [0.05, 0.1) is 30.5 Å². The molecule has 5 nitrogen and oxygen atoms in total. The Bertz CT molecular complexity index is 1690. The number of methoxy groups -OCH3 is 2. The van der Waals surface area contributed by atoms with Gasteiger partial charge in [-0.1, -0.05) is 59.9 Å². The highest BCUT2D eigenvalue weighted by Crippen LogP contribution is 2.41. The molecule has 0 amide bonds. The van der Waals surface area contributed by atoms with E-state index in [9.17, 15) is 4.79 Å². The summed E-state index contributed by atoms with van der Waals surface area (Å²) < 4.78 is 13.4. The number of hydrogen-bond donors (Lipinski definition) is 0. The third-order valence-electron chi connectivity index (χ3n) is 7.03. The minimum atomic E-state index is -0.204. The fourth-order valence-electron chi connectivity index (χ4n) is 5.19. The van der Waals surface area contributed by atoms with Crippen molar-refractivity contribution in [3.8, 4) is 11.5 Å². The molecular formula is C30H26N2O3S. The second kappa shape index (κ2) is 8.95. The van der Waals surface area contributed by atoms with Gasteiger partial charge in [0.2, 0.25) is 0 Å². The fourth-order valence-corrected chi connectivity index (χ4v) is 6.19. The maximum atomic E-state index is 13.9. The van der Waals surface area contributed by atoms with Gasteiger partial charge in [0, 0.05) is 5.56 Å². The maximum Gasteiger partial charge on any atom is 0.271 e. The van der Waals surface area contributed by atoms with E-state index in [-0.39, 0.29) is 11.6 Å². The number of hydrogen-bond acceptors (Lipinski definition) is 5. The van der Waals surface area contributed by atoms with Crippen molar-refractivity contribution >= 4 is 23.1 Å². The highest BCUT2D eigenvalue weighted by atomic mass is 32.1. The van der Waals surface area contributed by atoms with Crippen LogP contribution < -0.4 is 24.4 Å². The smallest absolute Gasteiger partial charge is 0.271 e. The minimum absolute atomic E-state index is 0.0236. The van der Waals surface area contributed by atoms with Crippen molar-refractivity contribution in [3.05, 3.63) is 120 Å². The monoisotopic (exact) mass is 494 g/mol. The van der Waals surface area contributed by atoms with Crippen LogP contribution in [-0.2, 0) is 6.42 Å². The van der Waals surface area contributed by atoms with Crippen molar-refractivity contribution in [2.45, 2.75) is 25.8 Å². The number of aryl methyl sites for hydroxylation is 2. The molecule has 0 unspecified atom stereocenters. The first-order valence-corrected chi connectivity index (χ1v) is 12.8. The van der Waals surface area contributed by atoms with Gasteiger partial charge in [-0.05, 0) is 71.9 Å². The Hall–Kier alpha value is -3.90. The molecule has 36 heavy (non-hydrogen) atoms. The van der Waals surface area contributed by atoms with Gasteiger partial charge >= 0.3 is 0 Å². The quantitative estimate of drug-likeness (QED) is 0.415. The van der Waals surface area contributed by atoms with Gasteiger partial charge < -0.3 is 9.47 Å². The second-order valence-electron chi connectivity index (χ2n) is 9.12. The normalized spacial score (nSPS) is 16.6. The lowest BCUT2D eigenvalue weighted by Gasteiger charge is -2.30. The van der Waals surface area contributed by atoms with Crippen molar-refractivity contribution in [1.29, 1.82) is 0 Å². The Balaban J connectivity index is 1.59. The van der Waals surface area contributed by atoms with Crippen LogP contribution in [0.1, 0.15) is 40.3 Å². The van der Waals surface area contributed by atoms with Crippen LogP contribution in [0.25, 0.3) is 11.8 Å². The molecule has 4 aromatic rings. The first-order valence-electron chi connectivity index (χ1n) is 12.0. The number of thiazole rings is 1. The molecule has 0 spiro atoms. The molecule has 2 aliphatic rings. The molecule has 0 fully saturated rings. The summed E-state index contributed by atoms with van der Waals surface area (Å²) in [6, 6.07) is 22.3. The summed E-state index contributed by atoms with van der Waals surface area (Å²) in [5, 5.41) is 0. The van der Waals surface area contributed by atoms with Gasteiger partial charge in [-0.25, -0.2) is 4.99 Å². The molecule has 1 atom stereocenters. The predicted molar refractivity (Wildman–Crippen MR) is 143 cm³/mol. The number of aromatic nitrogens is 1. The first kappa shape index (κ1) is 22.6. The molecule has 0 saturated heterocycles. The van der Waals surface area contributed by atoms with Crippen molar-refractivity contribution in [2.24, 2.45) is 4.99 Å². The van der Waals surface area contributed by atoms with E-state index in [1.54, 1.807) is 14.2 Å². The van der Waals surface area contributed by atoms with Crippen LogP contribution in [0.5, 0.6) is 11.5 Å². The van der Waals surface area contributed by atoms with Gasteiger partial charge in [0.15, 0.2) is 4.80 Å². The lowest BCUT2D eigenvalue weighted by Crippen LogP contribution is -2.38. The minimum Gasteiger partial charge on any atom is -0.497 e. The van der Waals surface area contributed by atoms with Crippen LogP contribution >= 0.6 is 11.3 Å². The van der Waals surface area contributed by atoms with Gasteiger partial charge in [-0.15, -0.1) is 0 Å². The summed E-state index contributed by atoms with van der Waals surface area (Å²) >= 11 is 1.44. The van der Waals surface area contributed by atoms with Crippen LogP contribution in [-0.4, -0.2) is 18.8 Å². The maximum absolute atomic E-state index is 13.9. The lowest BCUT2D eigenvalue weighted by atomic mass is 9.83. The largest absolute Gasteiger partial charge is 0.497 e. The van der Waals surface area contributed by atoms with Gasteiger partial charge in [0.1, 0.15) is 11.5 Å². The highest BCUT2D eigenvalue weighted by molar-refractivity contribution is 7.07.